The molecule has 0 bridgehead atoms. The number of rotatable bonds is 8. The highest BCUT2D eigenvalue weighted by atomic mass is 32.2. The SMILES string of the molecule is CCn1nccc1C(=O)NCCN(C1CCOCC1)C1CCCN(S(C)(=O)=O)C1. The van der Waals surface area contributed by atoms with E-state index in [4.69, 9.17) is 4.74 Å². The summed E-state index contributed by atoms with van der Waals surface area (Å²) in [6, 6.07) is 2.24. The molecule has 2 aliphatic heterocycles. The molecule has 10 heteroatoms. The van der Waals surface area contributed by atoms with Gasteiger partial charge in [-0.3, -0.25) is 14.4 Å². The van der Waals surface area contributed by atoms with Crippen LogP contribution in [0.5, 0.6) is 0 Å². The molecule has 29 heavy (non-hydrogen) atoms. The summed E-state index contributed by atoms with van der Waals surface area (Å²) in [5, 5.41) is 7.15. The minimum absolute atomic E-state index is 0.127. The minimum Gasteiger partial charge on any atom is -0.381 e. The maximum Gasteiger partial charge on any atom is 0.269 e. The van der Waals surface area contributed by atoms with Gasteiger partial charge in [-0.05, 0) is 38.7 Å². The lowest BCUT2D eigenvalue weighted by Gasteiger charge is -2.43. The Morgan fingerprint density at radius 2 is 2.07 bits per heavy atom. The normalized spacial score (nSPS) is 22.1. The topological polar surface area (TPSA) is 96.8 Å². The third kappa shape index (κ3) is 5.78. The van der Waals surface area contributed by atoms with E-state index in [-0.39, 0.29) is 11.9 Å². The van der Waals surface area contributed by atoms with E-state index >= 15 is 0 Å². The summed E-state index contributed by atoms with van der Waals surface area (Å²) in [6.07, 6.45) is 6.62. The van der Waals surface area contributed by atoms with Crippen molar-refractivity contribution in [2.75, 3.05) is 45.6 Å². The van der Waals surface area contributed by atoms with Crippen LogP contribution in [0.15, 0.2) is 12.3 Å². The van der Waals surface area contributed by atoms with Crippen LogP contribution in [0.1, 0.15) is 43.1 Å². The molecule has 2 saturated heterocycles. The van der Waals surface area contributed by atoms with E-state index in [9.17, 15) is 13.2 Å². The van der Waals surface area contributed by atoms with Gasteiger partial charge >= 0.3 is 0 Å². The fourth-order valence-electron chi connectivity index (χ4n) is 4.34. The Labute approximate surface area is 173 Å². The van der Waals surface area contributed by atoms with Gasteiger partial charge in [0, 0.05) is 64.2 Å². The van der Waals surface area contributed by atoms with Gasteiger partial charge in [-0.15, -0.1) is 0 Å². The predicted octanol–water partition coefficient (Wildman–Crippen LogP) is 0.538. The van der Waals surface area contributed by atoms with Crippen molar-refractivity contribution >= 4 is 15.9 Å². The van der Waals surface area contributed by atoms with E-state index in [0.717, 1.165) is 38.9 Å². The van der Waals surface area contributed by atoms with Crippen LogP contribution >= 0.6 is 0 Å². The Bertz CT molecular complexity index is 775. The molecule has 1 unspecified atom stereocenters. The number of hydrogen-bond acceptors (Lipinski definition) is 6. The van der Waals surface area contributed by atoms with Gasteiger partial charge in [-0.25, -0.2) is 12.7 Å². The molecule has 9 nitrogen and oxygen atoms in total. The molecule has 2 fully saturated rings. The van der Waals surface area contributed by atoms with Crippen LogP contribution in [0, 0.1) is 0 Å². The van der Waals surface area contributed by atoms with Crippen LogP contribution in [0.25, 0.3) is 0 Å². The molecule has 0 aromatic carbocycles. The zero-order chi connectivity index (χ0) is 20.9. The molecular formula is C19H33N5O4S. The Morgan fingerprint density at radius 1 is 1.31 bits per heavy atom. The molecule has 3 heterocycles. The zero-order valence-electron chi connectivity index (χ0n) is 17.4. The molecule has 1 aromatic heterocycles. The van der Waals surface area contributed by atoms with Crippen LogP contribution in [-0.4, -0.2) is 91.0 Å². The molecule has 164 valence electrons. The van der Waals surface area contributed by atoms with E-state index in [2.05, 4.69) is 15.3 Å². The van der Waals surface area contributed by atoms with Crippen molar-refractivity contribution in [1.82, 2.24) is 24.3 Å². The van der Waals surface area contributed by atoms with E-state index in [0.29, 0.717) is 44.5 Å². The molecule has 3 rings (SSSR count). The molecule has 1 N–H and O–H groups in total. The fraction of sp³-hybridized carbons (Fsp3) is 0.789. The first-order valence-corrected chi connectivity index (χ1v) is 12.3. The molecule has 0 saturated carbocycles. The molecule has 2 aliphatic rings. The highest BCUT2D eigenvalue weighted by molar-refractivity contribution is 7.88. The summed E-state index contributed by atoms with van der Waals surface area (Å²) in [6.45, 7) is 6.37. The van der Waals surface area contributed by atoms with Crippen LogP contribution in [0.3, 0.4) is 0 Å². The first kappa shape index (κ1) is 22.2. The monoisotopic (exact) mass is 427 g/mol. The summed E-state index contributed by atoms with van der Waals surface area (Å²) in [5.74, 6) is -0.127. The Morgan fingerprint density at radius 3 is 2.76 bits per heavy atom. The number of amides is 1. The zero-order valence-corrected chi connectivity index (χ0v) is 18.2. The van der Waals surface area contributed by atoms with Crippen LogP contribution in [0.2, 0.25) is 0 Å². The number of nitrogens with zero attached hydrogens (tertiary/aromatic N) is 4. The summed E-state index contributed by atoms with van der Waals surface area (Å²) in [5.41, 5.74) is 0.561. The number of nitrogens with one attached hydrogen (secondary N) is 1. The second kappa shape index (κ2) is 10.0. The van der Waals surface area contributed by atoms with Crippen LogP contribution in [-0.2, 0) is 21.3 Å². The first-order valence-electron chi connectivity index (χ1n) is 10.5. The molecule has 1 atom stereocenters. The lowest BCUT2D eigenvalue weighted by Crippen LogP contribution is -2.55. The number of sulfonamides is 1. The first-order chi connectivity index (χ1) is 13.9. The lowest BCUT2D eigenvalue weighted by atomic mass is 9.99. The van der Waals surface area contributed by atoms with Crippen molar-refractivity contribution in [2.24, 2.45) is 0 Å². The van der Waals surface area contributed by atoms with Gasteiger partial charge in [0.1, 0.15) is 5.69 Å². The Balaban J connectivity index is 1.63. The number of carbonyl (C=O) groups is 1. The van der Waals surface area contributed by atoms with Gasteiger partial charge in [-0.1, -0.05) is 0 Å². The Kier molecular flexibility index (Phi) is 7.66. The van der Waals surface area contributed by atoms with Gasteiger partial charge in [0.25, 0.3) is 5.91 Å². The molecule has 0 aliphatic carbocycles. The molecule has 1 amide bonds. The van der Waals surface area contributed by atoms with Crippen molar-refractivity contribution < 1.29 is 17.9 Å². The standard InChI is InChI=1S/C19H33N5O4S/c1-3-24-18(6-9-21-24)19(25)20-10-12-23(16-7-13-28-14-8-16)17-5-4-11-22(15-17)29(2,26)27/h6,9,16-17H,3-5,7-8,10-15H2,1-2H3,(H,20,25). The number of piperidine rings is 1. The van der Waals surface area contributed by atoms with E-state index in [1.807, 2.05) is 6.92 Å². The van der Waals surface area contributed by atoms with Crippen LogP contribution in [0.4, 0.5) is 0 Å². The highest BCUT2D eigenvalue weighted by Crippen LogP contribution is 2.24. The van der Waals surface area contributed by atoms with Crippen molar-refractivity contribution in [3.05, 3.63) is 18.0 Å². The summed E-state index contributed by atoms with van der Waals surface area (Å²) >= 11 is 0. The van der Waals surface area contributed by atoms with Gasteiger partial charge in [0.2, 0.25) is 10.0 Å². The van der Waals surface area contributed by atoms with E-state index in [1.54, 1.807) is 21.3 Å². The third-order valence-corrected chi connectivity index (χ3v) is 7.13. The highest BCUT2D eigenvalue weighted by Gasteiger charge is 2.33. The van der Waals surface area contributed by atoms with Gasteiger partial charge in [0.15, 0.2) is 0 Å². The van der Waals surface area contributed by atoms with Crippen molar-refractivity contribution in [3.8, 4) is 0 Å². The maximum atomic E-state index is 12.5. The maximum absolute atomic E-state index is 12.5. The van der Waals surface area contributed by atoms with Gasteiger partial charge in [0.05, 0.1) is 6.26 Å². The lowest BCUT2D eigenvalue weighted by molar-refractivity contribution is 0.00672. The van der Waals surface area contributed by atoms with Crippen molar-refractivity contribution in [2.45, 2.75) is 51.2 Å². The largest absolute Gasteiger partial charge is 0.381 e. The van der Waals surface area contributed by atoms with Crippen molar-refractivity contribution in [1.29, 1.82) is 0 Å². The Hall–Kier alpha value is -1.49. The number of ether oxygens (including phenoxy) is 1. The molecular weight excluding hydrogens is 394 g/mol. The summed E-state index contributed by atoms with van der Waals surface area (Å²) in [7, 11) is -3.19. The number of aryl methyl sites for hydroxylation is 1. The number of aromatic nitrogens is 2. The van der Waals surface area contributed by atoms with Crippen LogP contribution < -0.4 is 5.32 Å². The van der Waals surface area contributed by atoms with Gasteiger partial charge in [-0.2, -0.15) is 5.10 Å². The second-order valence-electron chi connectivity index (χ2n) is 7.79. The quantitative estimate of drug-likeness (QED) is 0.650. The molecule has 1 aromatic rings. The van der Waals surface area contributed by atoms with E-state index < -0.39 is 10.0 Å². The smallest absolute Gasteiger partial charge is 0.269 e. The summed E-state index contributed by atoms with van der Waals surface area (Å²) < 4.78 is 32.9. The average Bonchev–Trinajstić information content (AvgIpc) is 3.20. The minimum atomic E-state index is -3.19. The third-order valence-electron chi connectivity index (χ3n) is 5.86. The number of hydrogen-bond donors (Lipinski definition) is 1. The summed E-state index contributed by atoms with van der Waals surface area (Å²) in [4.78, 5) is 14.9. The average molecular weight is 428 g/mol. The van der Waals surface area contributed by atoms with Crippen molar-refractivity contribution in [3.63, 3.8) is 0 Å². The molecule has 0 radical (unpaired) electrons. The van der Waals surface area contributed by atoms with E-state index in [1.165, 1.54) is 6.26 Å². The number of carbonyl (C=O) groups excluding carboxylic acids is 1. The second-order valence-corrected chi connectivity index (χ2v) is 9.77. The predicted molar refractivity (Wildman–Crippen MR) is 110 cm³/mol. The van der Waals surface area contributed by atoms with Gasteiger partial charge < -0.3 is 10.1 Å². The fourth-order valence-corrected chi connectivity index (χ4v) is 5.24. The molecule has 0 spiro atoms.